The van der Waals surface area contributed by atoms with Gasteiger partial charge in [0, 0.05) is 26.6 Å². The minimum atomic E-state index is -4.45. The van der Waals surface area contributed by atoms with Crippen LogP contribution in [0, 0.1) is 5.92 Å². The van der Waals surface area contributed by atoms with E-state index in [0.717, 1.165) is 12.1 Å². The van der Waals surface area contributed by atoms with Crippen LogP contribution in [0.2, 0.25) is 0 Å². The van der Waals surface area contributed by atoms with Gasteiger partial charge in [0.2, 0.25) is 17.8 Å². The molecule has 26 heavy (non-hydrogen) atoms. The Hall–Kier alpha value is -2.98. The molecule has 0 saturated carbocycles. The molecule has 0 spiro atoms. The van der Waals surface area contributed by atoms with Crippen molar-refractivity contribution in [2.45, 2.75) is 12.1 Å². The van der Waals surface area contributed by atoms with E-state index >= 15 is 0 Å². The van der Waals surface area contributed by atoms with Crippen molar-refractivity contribution < 1.29 is 22.8 Å². The van der Waals surface area contributed by atoms with E-state index in [4.69, 9.17) is 0 Å². The SMILES string of the molecule is CN1C[C@@H](c2ccc(C(F)(F)F)cc2)[C@H](C(=O)Nc2nnnn2C)C1=O. The van der Waals surface area contributed by atoms with Gasteiger partial charge in [-0.2, -0.15) is 13.2 Å². The Morgan fingerprint density at radius 3 is 2.42 bits per heavy atom. The van der Waals surface area contributed by atoms with Gasteiger partial charge in [0.15, 0.2) is 0 Å². The summed E-state index contributed by atoms with van der Waals surface area (Å²) < 4.78 is 39.4. The molecule has 1 N–H and O–H groups in total. The van der Waals surface area contributed by atoms with Crippen LogP contribution >= 0.6 is 0 Å². The lowest BCUT2D eigenvalue weighted by atomic mass is 9.87. The smallest absolute Gasteiger partial charge is 0.344 e. The van der Waals surface area contributed by atoms with Gasteiger partial charge in [0.1, 0.15) is 5.92 Å². The van der Waals surface area contributed by atoms with E-state index in [-0.39, 0.29) is 12.5 Å². The van der Waals surface area contributed by atoms with Gasteiger partial charge in [-0.25, -0.2) is 4.68 Å². The minimum Gasteiger partial charge on any atom is -0.344 e. The number of alkyl halides is 3. The maximum atomic E-state index is 12.7. The molecule has 2 heterocycles. The summed E-state index contributed by atoms with van der Waals surface area (Å²) in [5.41, 5.74) is -0.308. The Balaban J connectivity index is 1.86. The number of likely N-dealkylation sites (N-methyl/N-ethyl adjacent to an activating group) is 1. The molecule has 1 aliphatic rings. The van der Waals surface area contributed by atoms with Crippen LogP contribution in [0.25, 0.3) is 0 Å². The molecule has 0 radical (unpaired) electrons. The van der Waals surface area contributed by atoms with E-state index in [1.807, 2.05) is 0 Å². The van der Waals surface area contributed by atoms with Gasteiger partial charge in [-0.05, 0) is 28.1 Å². The first kappa shape index (κ1) is 17.8. The van der Waals surface area contributed by atoms with Crippen LogP contribution in [0.5, 0.6) is 0 Å². The number of nitrogens with zero attached hydrogens (tertiary/aromatic N) is 5. The predicted molar refractivity (Wildman–Crippen MR) is 82.7 cm³/mol. The number of aryl methyl sites for hydroxylation is 1. The van der Waals surface area contributed by atoms with Crippen LogP contribution < -0.4 is 5.32 Å². The second-order valence-electron chi connectivity index (χ2n) is 6.04. The fourth-order valence-electron chi connectivity index (χ4n) is 2.94. The van der Waals surface area contributed by atoms with E-state index in [2.05, 4.69) is 20.8 Å². The molecule has 8 nitrogen and oxygen atoms in total. The van der Waals surface area contributed by atoms with Crippen molar-refractivity contribution >= 4 is 17.8 Å². The molecule has 2 atom stereocenters. The first-order valence-electron chi connectivity index (χ1n) is 7.64. The predicted octanol–water partition coefficient (Wildman–Crippen LogP) is 1.04. The van der Waals surface area contributed by atoms with E-state index in [9.17, 15) is 22.8 Å². The van der Waals surface area contributed by atoms with Gasteiger partial charge in [-0.15, -0.1) is 0 Å². The Morgan fingerprint density at radius 1 is 1.23 bits per heavy atom. The van der Waals surface area contributed by atoms with Crippen molar-refractivity contribution in [3.05, 3.63) is 35.4 Å². The van der Waals surface area contributed by atoms with Crippen LogP contribution in [0.4, 0.5) is 19.1 Å². The number of anilines is 1. The normalized spacial score (nSPS) is 20.5. The zero-order chi connectivity index (χ0) is 19.1. The van der Waals surface area contributed by atoms with Crippen LogP contribution in [0.15, 0.2) is 24.3 Å². The molecule has 1 saturated heterocycles. The molecule has 1 aliphatic heterocycles. The highest BCUT2D eigenvalue weighted by Crippen LogP contribution is 2.36. The number of aromatic nitrogens is 4. The van der Waals surface area contributed by atoms with Gasteiger partial charge in [0.25, 0.3) is 0 Å². The fraction of sp³-hybridized carbons (Fsp3) is 0.400. The number of benzene rings is 1. The van der Waals surface area contributed by atoms with E-state index in [0.29, 0.717) is 5.56 Å². The highest BCUT2D eigenvalue weighted by atomic mass is 19.4. The number of tetrazole rings is 1. The van der Waals surface area contributed by atoms with Crippen LogP contribution in [0.3, 0.4) is 0 Å². The molecule has 11 heteroatoms. The largest absolute Gasteiger partial charge is 0.416 e. The van der Waals surface area contributed by atoms with Crippen molar-refractivity contribution in [2.24, 2.45) is 13.0 Å². The summed E-state index contributed by atoms with van der Waals surface area (Å²) in [5.74, 6) is -2.60. The number of carbonyl (C=O) groups excluding carboxylic acids is 2. The highest BCUT2D eigenvalue weighted by molar-refractivity contribution is 6.07. The summed E-state index contributed by atoms with van der Waals surface area (Å²) in [4.78, 5) is 26.4. The number of halogens is 3. The molecule has 2 amide bonds. The fourth-order valence-corrected chi connectivity index (χ4v) is 2.94. The number of nitrogens with one attached hydrogen (secondary N) is 1. The Labute approximate surface area is 146 Å². The van der Waals surface area contributed by atoms with Gasteiger partial charge >= 0.3 is 6.18 Å². The Morgan fingerprint density at radius 2 is 1.88 bits per heavy atom. The molecule has 3 rings (SSSR count). The van der Waals surface area contributed by atoms with E-state index in [1.54, 1.807) is 0 Å². The van der Waals surface area contributed by atoms with Crippen LogP contribution in [-0.4, -0.2) is 50.5 Å². The molecule has 1 aromatic heterocycles. The molecular formula is C15H15F3N6O2. The average molecular weight is 368 g/mol. The third-order valence-corrected chi connectivity index (χ3v) is 4.32. The molecule has 138 valence electrons. The Bertz CT molecular complexity index is 833. The second-order valence-corrected chi connectivity index (χ2v) is 6.04. The number of amides is 2. The van der Waals surface area contributed by atoms with Crippen molar-refractivity contribution in [1.29, 1.82) is 0 Å². The molecular weight excluding hydrogens is 353 g/mol. The average Bonchev–Trinajstić information content (AvgIpc) is 3.11. The van der Waals surface area contributed by atoms with Gasteiger partial charge < -0.3 is 4.90 Å². The lowest BCUT2D eigenvalue weighted by Gasteiger charge is -2.17. The first-order chi connectivity index (χ1) is 12.2. The van der Waals surface area contributed by atoms with Gasteiger partial charge in [-0.3, -0.25) is 14.9 Å². The Kier molecular flexibility index (Phi) is 4.38. The summed E-state index contributed by atoms with van der Waals surface area (Å²) in [6, 6.07) is 4.48. The topological polar surface area (TPSA) is 93.0 Å². The summed E-state index contributed by atoms with van der Waals surface area (Å²) in [5, 5.41) is 13.1. The molecule has 1 fully saturated rings. The number of carbonyl (C=O) groups is 2. The maximum absolute atomic E-state index is 12.7. The number of rotatable bonds is 3. The van der Waals surface area contributed by atoms with Crippen LogP contribution in [0.1, 0.15) is 17.0 Å². The lowest BCUT2D eigenvalue weighted by molar-refractivity contribution is -0.138. The molecule has 1 aromatic carbocycles. The third-order valence-electron chi connectivity index (χ3n) is 4.32. The zero-order valence-electron chi connectivity index (χ0n) is 13.9. The second kappa shape index (κ2) is 6.39. The van der Waals surface area contributed by atoms with Gasteiger partial charge in [0.05, 0.1) is 5.56 Å². The standard InChI is InChI=1S/C15H15F3N6O2/c1-23-7-10(8-3-5-9(6-4-8)15(16,17)18)11(13(23)26)12(25)19-14-20-21-22-24(14)2/h3-6,10-11H,7H2,1-2H3,(H,19,20,22,25)/t10-,11+/m0/s1. The lowest BCUT2D eigenvalue weighted by Crippen LogP contribution is -2.33. The molecule has 0 unspecified atom stereocenters. The minimum absolute atomic E-state index is 0.0727. The summed E-state index contributed by atoms with van der Waals surface area (Å²) >= 11 is 0. The van der Waals surface area contributed by atoms with Crippen molar-refractivity contribution in [3.8, 4) is 0 Å². The number of hydrogen-bond acceptors (Lipinski definition) is 5. The van der Waals surface area contributed by atoms with E-state index in [1.165, 1.54) is 35.8 Å². The first-order valence-corrected chi connectivity index (χ1v) is 7.64. The monoisotopic (exact) mass is 368 g/mol. The number of hydrogen-bond donors (Lipinski definition) is 1. The quantitative estimate of drug-likeness (QED) is 0.817. The molecule has 0 bridgehead atoms. The van der Waals surface area contributed by atoms with Crippen molar-refractivity contribution in [3.63, 3.8) is 0 Å². The highest BCUT2D eigenvalue weighted by Gasteiger charge is 2.44. The summed E-state index contributed by atoms with van der Waals surface area (Å²) in [6.45, 7) is 0.222. The third kappa shape index (κ3) is 3.24. The summed E-state index contributed by atoms with van der Waals surface area (Å²) in [6.07, 6.45) is -4.45. The number of likely N-dealkylation sites (tertiary alicyclic amines) is 1. The molecule has 0 aliphatic carbocycles. The van der Waals surface area contributed by atoms with Gasteiger partial charge in [-0.1, -0.05) is 17.2 Å². The maximum Gasteiger partial charge on any atom is 0.416 e. The molecule has 2 aromatic rings. The summed E-state index contributed by atoms with van der Waals surface area (Å²) in [7, 11) is 3.06. The van der Waals surface area contributed by atoms with Crippen molar-refractivity contribution in [1.82, 2.24) is 25.1 Å². The zero-order valence-corrected chi connectivity index (χ0v) is 13.9. The van der Waals surface area contributed by atoms with Crippen LogP contribution in [-0.2, 0) is 22.8 Å². The van der Waals surface area contributed by atoms with Crippen molar-refractivity contribution in [2.75, 3.05) is 18.9 Å². The van der Waals surface area contributed by atoms with E-state index < -0.39 is 35.4 Å².